The fourth-order valence-corrected chi connectivity index (χ4v) is 2.28. The van der Waals surface area contributed by atoms with Crippen molar-refractivity contribution >= 4 is 27.5 Å². The lowest BCUT2D eigenvalue weighted by Gasteiger charge is -2.31. The molecule has 0 spiro atoms. The lowest BCUT2D eigenvalue weighted by molar-refractivity contribution is -0.0123. The third kappa shape index (κ3) is 2.64. The molecule has 98 valence electrons. The van der Waals surface area contributed by atoms with Gasteiger partial charge in [0.25, 0.3) is 5.91 Å². The molecular weight excluding hydrogens is 303 g/mol. The number of hydrogen-bond acceptors (Lipinski definition) is 3. The molecule has 1 heterocycles. The highest BCUT2D eigenvalue weighted by Gasteiger charge is 2.24. The molecule has 1 aliphatic heterocycles. The van der Waals surface area contributed by atoms with Gasteiger partial charge in [-0.15, -0.1) is 0 Å². The van der Waals surface area contributed by atoms with Crippen molar-refractivity contribution in [1.29, 1.82) is 0 Å². The predicted molar refractivity (Wildman–Crippen MR) is 69.8 cm³/mol. The van der Waals surface area contributed by atoms with Crippen LogP contribution in [0.15, 0.2) is 16.6 Å². The fraction of sp³-hybridized carbons (Fsp3) is 0.417. The number of halogens is 2. The van der Waals surface area contributed by atoms with Crippen LogP contribution in [-0.2, 0) is 4.74 Å². The van der Waals surface area contributed by atoms with Gasteiger partial charge in [0.2, 0.25) is 0 Å². The Morgan fingerprint density at radius 1 is 1.61 bits per heavy atom. The summed E-state index contributed by atoms with van der Waals surface area (Å²) in [6, 6.07) is 2.58. The summed E-state index contributed by atoms with van der Waals surface area (Å²) in [6.45, 7) is 3.38. The van der Waals surface area contributed by atoms with E-state index < -0.39 is 5.82 Å². The zero-order chi connectivity index (χ0) is 13.3. The number of ether oxygens (including phenoxy) is 1. The molecule has 1 aromatic carbocycles. The van der Waals surface area contributed by atoms with Crippen LogP contribution in [0.2, 0.25) is 0 Å². The molecule has 1 aromatic rings. The second-order valence-electron chi connectivity index (χ2n) is 4.29. The molecule has 0 saturated carbocycles. The van der Waals surface area contributed by atoms with Crippen molar-refractivity contribution < 1.29 is 13.9 Å². The third-order valence-corrected chi connectivity index (χ3v) is 3.46. The summed E-state index contributed by atoms with van der Waals surface area (Å²) in [6.07, 6.45) is -0.00998. The number of carbonyl (C=O) groups excluding carboxylic acids is 1. The molecule has 1 amide bonds. The SMILES string of the molecule is CC1CN(C(=O)c2cc(F)c(Br)cc2N)CCO1. The molecule has 6 heteroatoms. The summed E-state index contributed by atoms with van der Waals surface area (Å²) in [5.74, 6) is -0.747. The number of benzene rings is 1. The van der Waals surface area contributed by atoms with Gasteiger partial charge in [-0.2, -0.15) is 0 Å². The van der Waals surface area contributed by atoms with Crippen LogP contribution in [0.1, 0.15) is 17.3 Å². The van der Waals surface area contributed by atoms with Crippen molar-refractivity contribution in [3.05, 3.63) is 28.0 Å². The molecule has 0 bridgehead atoms. The Hall–Kier alpha value is -1.14. The van der Waals surface area contributed by atoms with E-state index in [9.17, 15) is 9.18 Å². The van der Waals surface area contributed by atoms with Gasteiger partial charge in [-0.1, -0.05) is 0 Å². The van der Waals surface area contributed by atoms with Crippen molar-refractivity contribution in [1.82, 2.24) is 4.90 Å². The van der Waals surface area contributed by atoms with E-state index in [0.29, 0.717) is 19.7 Å². The first-order chi connectivity index (χ1) is 8.49. The lowest BCUT2D eigenvalue weighted by Crippen LogP contribution is -2.44. The van der Waals surface area contributed by atoms with Crippen LogP contribution in [0.25, 0.3) is 0 Å². The number of nitrogens with two attached hydrogens (primary N) is 1. The van der Waals surface area contributed by atoms with Gasteiger partial charge in [-0.25, -0.2) is 4.39 Å². The quantitative estimate of drug-likeness (QED) is 0.807. The molecule has 0 aliphatic carbocycles. The molecule has 4 nitrogen and oxygen atoms in total. The van der Waals surface area contributed by atoms with Gasteiger partial charge in [-0.05, 0) is 35.0 Å². The van der Waals surface area contributed by atoms with E-state index in [-0.39, 0.29) is 27.7 Å². The van der Waals surface area contributed by atoms with E-state index in [1.807, 2.05) is 6.92 Å². The van der Waals surface area contributed by atoms with Crippen molar-refractivity contribution in [3.8, 4) is 0 Å². The summed E-state index contributed by atoms with van der Waals surface area (Å²) in [5.41, 5.74) is 6.23. The summed E-state index contributed by atoms with van der Waals surface area (Å²) in [7, 11) is 0. The Kier molecular flexibility index (Phi) is 3.87. The van der Waals surface area contributed by atoms with Crippen LogP contribution >= 0.6 is 15.9 Å². The van der Waals surface area contributed by atoms with Crippen LogP contribution in [0, 0.1) is 5.82 Å². The minimum Gasteiger partial charge on any atom is -0.398 e. The first-order valence-electron chi connectivity index (χ1n) is 5.64. The van der Waals surface area contributed by atoms with E-state index >= 15 is 0 Å². The molecule has 2 rings (SSSR count). The smallest absolute Gasteiger partial charge is 0.256 e. The van der Waals surface area contributed by atoms with Crippen LogP contribution in [-0.4, -0.2) is 36.6 Å². The summed E-state index contributed by atoms with van der Waals surface area (Å²) in [4.78, 5) is 13.9. The Morgan fingerprint density at radius 3 is 3.00 bits per heavy atom. The number of anilines is 1. The van der Waals surface area contributed by atoms with E-state index in [2.05, 4.69) is 15.9 Å². The average Bonchev–Trinajstić information content (AvgIpc) is 2.33. The van der Waals surface area contributed by atoms with Crippen LogP contribution in [0.3, 0.4) is 0 Å². The van der Waals surface area contributed by atoms with E-state index in [1.54, 1.807) is 4.90 Å². The van der Waals surface area contributed by atoms with Crippen molar-refractivity contribution in [2.45, 2.75) is 13.0 Å². The summed E-state index contributed by atoms with van der Waals surface area (Å²) < 4.78 is 19.1. The van der Waals surface area contributed by atoms with Gasteiger partial charge in [0.15, 0.2) is 0 Å². The molecule has 1 fully saturated rings. The number of carbonyl (C=O) groups is 1. The maximum Gasteiger partial charge on any atom is 0.256 e. The van der Waals surface area contributed by atoms with E-state index in [0.717, 1.165) is 0 Å². The Morgan fingerprint density at radius 2 is 2.33 bits per heavy atom. The van der Waals surface area contributed by atoms with Crippen molar-refractivity contribution in [2.24, 2.45) is 0 Å². The summed E-state index contributed by atoms with van der Waals surface area (Å²) >= 11 is 3.03. The average molecular weight is 317 g/mol. The van der Waals surface area contributed by atoms with Gasteiger partial charge >= 0.3 is 0 Å². The zero-order valence-corrected chi connectivity index (χ0v) is 11.5. The molecule has 2 N–H and O–H groups in total. The van der Waals surface area contributed by atoms with Crippen molar-refractivity contribution in [2.75, 3.05) is 25.4 Å². The molecule has 18 heavy (non-hydrogen) atoms. The topological polar surface area (TPSA) is 55.6 Å². The monoisotopic (exact) mass is 316 g/mol. The van der Waals surface area contributed by atoms with Gasteiger partial charge < -0.3 is 15.4 Å². The van der Waals surface area contributed by atoms with Gasteiger partial charge in [0.05, 0.1) is 22.7 Å². The standard InChI is InChI=1S/C12H14BrFN2O2/c1-7-6-16(2-3-18-7)12(17)8-4-10(14)9(13)5-11(8)15/h4-5,7H,2-3,6,15H2,1H3. The highest BCUT2D eigenvalue weighted by Crippen LogP contribution is 2.24. The van der Waals surface area contributed by atoms with Crippen molar-refractivity contribution in [3.63, 3.8) is 0 Å². The van der Waals surface area contributed by atoms with Gasteiger partial charge in [0.1, 0.15) is 5.82 Å². The minimum atomic E-state index is -0.492. The number of hydrogen-bond donors (Lipinski definition) is 1. The predicted octanol–water partition coefficient (Wildman–Crippen LogP) is 2.03. The number of morpholine rings is 1. The third-order valence-electron chi connectivity index (χ3n) is 2.85. The molecule has 1 unspecified atom stereocenters. The van der Waals surface area contributed by atoms with Crippen LogP contribution < -0.4 is 5.73 Å². The zero-order valence-electron chi connectivity index (χ0n) is 9.95. The number of rotatable bonds is 1. The second kappa shape index (κ2) is 5.24. The normalized spacial score (nSPS) is 19.9. The first-order valence-corrected chi connectivity index (χ1v) is 6.43. The summed E-state index contributed by atoms with van der Waals surface area (Å²) in [5, 5.41) is 0. The maximum absolute atomic E-state index is 13.5. The van der Waals surface area contributed by atoms with Crippen LogP contribution in [0.5, 0.6) is 0 Å². The Labute approximate surface area is 113 Å². The van der Waals surface area contributed by atoms with E-state index in [4.69, 9.17) is 10.5 Å². The first kappa shape index (κ1) is 13.3. The largest absolute Gasteiger partial charge is 0.398 e. The maximum atomic E-state index is 13.5. The Balaban J connectivity index is 2.25. The molecule has 1 saturated heterocycles. The molecule has 0 radical (unpaired) electrons. The van der Waals surface area contributed by atoms with E-state index in [1.165, 1.54) is 12.1 Å². The molecule has 1 atom stereocenters. The van der Waals surface area contributed by atoms with Gasteiger partial charge in [0, 0.05) is 18.8 Å². The van der Waals surface area contributed by atoms with Gasteiger partial charge in [-0.3, -0.25) is 4.79 Å². The number of amides is 1. The lowest BCUT2D eigenvalue weighted by atomic mass is 10.1. The van der Waals surface area contributed by atoms with Crippen LogP contribution in [0.4, 0.5) is 10.1 Å². The second-order valence-corrected chi connectivity index (χ2v) is 5.14. The highest BCUT2D eigenvalue weighted by molar-refractivity contribution is 9.10. The number of nitrogen functional groups attached to an aromatic ring is 1. The molecule has 0 aromatic heterocycles. The Bertz CT molecular complexity index is 481. The highest BCUT2D eigenvalue weighted by atomic mass is 79.9. The number of nitrogens with zero attached hydrogens (tertiary/aromatic N) is 1. The minimum absolute atomic E-state index is 0.00998. The molecular formula is C12H14BrFN2O2. The fourth-order valence-electron chi connectivity index (χ4n) is 1.92. The molecule has 1 aliphatic rings.